The maximum atomic E-state index is 12.5. The van der Waals surface area contributed by atoms with Gasteiger partial charge in [0.05, 0.1) is 11.4 Å². The molecule has 0 aliphatic carbocycles. The number of aryl methyl sites for hydroxylation is 4. The van der Waals surface area contributed by atoms with E-state index in [1.807, 2.05) is 51.1 Å². The molecule has 2 aromatic heterocycles. The van der Waals surface area contributed by atoms with Crippen LogP contribution in [-0.4, -0.2) is 22.1 Å². The maximum absolute atomic E-state index is 12.5. The number of hydrogen-bond donors (Lipinski definition) is 1. The number of fused-ring (bicyclic) bond motifs is 1. The Balaban J connectivity index is 1.45. The molecule has 8 nitrogen and oxygen atoms in total. The molecule has 2 heterocycles. The number of amides is 1. The van der Waals surface area contributed by atoms with Crippen molar-refractivity contribution in [2.45, 2.75) is 34.3 Å². The number of hydrogen-bond acceptors (Lipinski definition) is 6. The molecule has 1 N–H and O–H groups in total. The molecule has 0 unspecified atom stereocenters. The van der Waals surface area contributed by atoms with Crippen molar-refractivity contribution in [1.82, 2.24) is 9.56 Å². The fourth-order valence-electron chi connectivity index (χ4n) is 3.52. The van der Waals surface area contributed by atoms with Crippen LogP contribution < -0.4 is 20.3 Å². The molecule has 0 fully saturated rings. The molecule has 33 heavy (non-hydrogen) atoms. The van der Waals surface area contributed by atoms with Gasteiger partial charge in [-0.25, -0.2) is 4.98 Å². The lowest BCUT2D eigenvalue weighted by Crippen LogP contribution is -2.21. The molecule has 8 heteroatoms. The summed E-state index contributed by atoms with van der Waals surface area (Å²) >= 11 is 0. The minimum atomic E-state index is -0.326. The fraction of sp³-hybridized carbons (Fsp3) is 0.240. The van der Waals surface area contributed by atoms with Crippen LogP contribution >= 0.6 is 0 Å². The van der Waals surface area contributed by atoms with E-state index in [0.29, 0.717) is 34.3 Å². The molecule has 4 rings (SSSR count). The van der Waals surface area contributed by atoms with E-state index in [0.717, 1.165) is 21.3 Å². The van der Waals surface area contributed by atoms with Crippen LogP contribution in [0, 0.1) is 27.7 Å². The third-order valence-corrected chi connectivity index (χ3v) is 4.87. The smallest absolute Gasteiger partial charge is 0.287 e. The Morgan fingerprint density at radius 2 is 1.73 bits per heavy atom. The summed E-state index contributed by atoms with van der Waals surface area (Å²) in [6.07, 6.45) is 0. The Hall–Kier alpha value is -4.07. The average molecular weight is 447 g/mol. The van der Waals surface area contributed by atoms with Gasteiger partial charge in [-0.3, -0.25) is 9.59 Å². The van der Waals surface area contributed by atoms with Gasteiger partial charge in [0.15, 0.2) is 12.3 Å². The van der Waals surface area contributed by atoms with Gasteiger partial charge in [-0.1, -0.05) is 12.1 Å². The Kier molecular flexibility index (Phi) is 6.17. The first-order valence-corrected chi connectivity index (χ1v) is 10.5. The standard InChI is InChI=1S/C25H25N3O5/c1-15-5-6-22(32-13-19-12-25(30)28-23(26-19)11-18(4)33-28)21(10-15)27-24(29)14-31-20-8-16(2)7-17(3)9-20/h5-12H,13-14H2,1-4H3,(H,27,29). The Morgan fingerprint density at radius 1 is 0.970 bits per heavy atom. The molecule has 2 aromatic carbocycles. The van der Waals surface area contributed by atoms with Crippen molar-refractivity contribution in [3.05, 3.63) is 87.0 Å². The van der Waals surface area contributed by atoms with Gasteiger partial charge in [0, 0.05) is 12.1 Å². The topological polar surface area (TPSA) is 95.1 Å². The molecule has 170 valence electrons. The van der Waals surface area contributed by atoms with E-state index < -0.39 is 0 Å². The van der Waals surface area contributed by atoms with Crippen LogP contribution in [0.25, 0.3) is 5.65 Å². The highest BCUT2D eigenvalue weighted by Crippen LogP contribution is 2.26. The zero-order chi connectivity index (χ0) is 23.5. The van der Waals surface area contributed by atoms with Crippen molar-refractivity contribution in [3.63, 3.8) is 0 Å². The quantitative estimate of drug-likeness (QED) is 0.458. The summed E-state index contributed by atoms with van der Waals surface area (Å²) < 4.78 is 18.0. The third-order valence-electron chi connectivity index (χ3n) is 4.87. The van der Waals surface area contributed by atoms with Crippen molar-refractivity contribution in [2.24, 2.45) is 0 Å². The van der Waals surface area contributed by atoms with Crippen molar-refractivity contribution < 1.29 is 18.8 Å². The van der Waals surface area contributed by atoms with Gasteiger partial charge >= 0.3 is 0 Å². The monoisotopic (exact) mass is 447 g/mol. The lowest BCUT2D eigenvalue weighted by atomic mass is 10.1. The van der Waals surface area contributed by atoms with Crippen LogP contribution in [0.2, 0.25) is 0 Å². The molecule has 1 amide bonds. The summed E-state index contributed by atoms with van der Waals surface area (Å²) in [5.41, 5.74) is 4.15. The molecule has 0 saturated heterocycles. The van der Waals surface area contributed by atoms with Crippen LogP contribution in [0.4, 0.5) is 5.69 Å². The first-order chi connectivity index (χ1) is 15.8. The number of aromatic nitrogens is 2. The second kappa shape index (κ2) is 9.20. The first-order valence-electron chi connectivity index (χ1n) is 10.5. The number of anilines is 1. The summed E-state index contributed by atoms with van der Waals surface area (Å²) in [7, 11) is 0. The summed E-state index contributed by atoms with van der Waals surface area (Å²) in [6, 6.07) is 14.3. The summed E-state index contributed by atoms with van der Waals surface area (Å²) in [4.78, 5) is 29.1. The van der Waals surface area contributed by atoms with Crippen molar-refractivity contribution in [3.8, 4) is 11.5 Å². The van der Waals surface area contributed by atoms with Gasteiger partial charge in [0.1, 0.15) is 23.9 Å². The predicted octanol–water partition coefficient (Wildman–Crippen LogP) is 4.12. The molecular weight excluding hydrogens is 422 g/mol. The van der Waals surface area contributed by atoms with Crippen molar-refractivity contribution in [2.75, 3.05) is 11.9 Å². The number of nitrogens with one attached hydrogen (secondary N) is 1. The Bertz CT molecular complexity index is 1370. The minimum Gasteiger partial charge on any atom is -0.485 e. The van der Waals surface area contributed by atoms with E-state index in [1.54, 1.807) is 19.1 Å². The van der Waals surface area contributed by atoms with Crippen molar-refractivity contribution in [1.29, 1.82) is 0 Å². The maximum Gasteiger partial charge on any atom is 0.287 e. The van der Waals surface area contributed by atoms with E-state index >= 15 is 0 Å². The third kappa shape index (κ3) is 5.41. The zero-order valence-electron chi connectivity index (χ0n) is 19.0. The average Bonchev–Trinajstić information content (AvgIpc) is 3.12. The number of benzene rings is 2. The lowest BCUT2D eigenvalue weighted by molar-refractivity contribution is -0.118. The first kappa shape index (κ1) is 22.1. The summed E-state index contributed by atoms with van der Waals surface area (Å²) in [5.74, 6) is 1.39. The molecule has 0 radical (unpaired) electrons. The highest BCUT2D eigenvalue weighted by molar-refractivity contribution is 5.93. The lowest BCUT2D eigenvalue weighted by Gasteiger charge is -2.14. The number of carbonyl (C=O) groups is 1. The van der Waals surface area contributed by atoms with Crippen LogP contribution in [0.1, 0.15) is 28.1 Å². The molecule has 0 atom stereocenters. The molecule has 0 aliphatic rings. The Morgan fingerprint density at radius 3 is 2.48 bits per heavy atom. The van der Waals surface area contributed by atoms with E-state index in [2.05, 4.69) is 10.3 Å². The van der Waals surface area contributed by atoms with Crippen LogP contribution in [-0.2, 0) is 11.4 Å². The highest BCUT2D eigenvalue weighted by Gasteiger charge is 2.12. The second-order valence-corrected chi connectivity index (χ2v) is 8.03. The number of ether oxygens (including phenoxy) is 2. The van der Waals surface area contributed by atoms with Gasteiger partial charge < -0.3 is 19.3 Å². The van der Waals surface area contributed by atoms with E-state index in [-0.39, 0.29) is 24.7 Å². The second-order valence-electron chi connectivity index (χ2n) is 8.03. The normalized spacial score (nSPS) is 10.9. The van der Waals surface area contributed by atoms with Crippen LogP contribution in [0.3, 0.4) is 0 Å². The van der Waals surface area contributed by atoms with Gasteiger partial charge in [-0.05, 0) is 68.7 Å². The predicted molar refractivity (Wildman–Crippen MR) is 124 cm³/mol. The van der Waals surface area contributed by atoms with Crippen LogP contribution in [0.15, 0.2) is 57.8 Å². The number of rotatable bonds is 7. The number of nitrogens with zero attached hydrogens (tertiary/aromatic N) is 2. The minimum absolute atomic E-state index is 0.0565. The molecule has 4 aromatic rings. The van der Waals surface area contributed by atoms with E-state index in [1.165, 1.54) is 6.07 Å². The molecular formula is C25H25N3O5. The van der Waals surface area contributed by atoms with Gasteiger partial charge in [0.2, 0.25) is 0 Å². The molecule has 0 aliphatic heterocycles. The van der Waals surface area contributed by atoms with Crippen LogP contribution in [0.5, 0.6) is 11.5 Å². The largest absolute Gasteiger partial charge is 0.485 e. The van der Waals surface area contributed by atoms with Gasteiger partial charge in [-0.15, -0.1) is 4.57 Å². The summed E-state index contributed by atoms with van der Waals surface area (Å²) in [6.45, 7) is 7.54. The molecule has 0 spiro atoms. The van der Waals surface area contributed by atoms with E-state index in [4.69, 9.17) is 14.0 Å². The van der Waals surface area contributed by atoms with Gasteiger partial charge in [-0.2, -0.15) is 0 Å². The summed E-state index contributed by atoms with van der Waals surface area (Å²) in [5, 5.41) is 2.84. The molecule has 0 saturated carbocycles. The molecule has 0 bridgehead atoms. The fourth-order valence-corrected chi connectivity index (χ4v) is 3.52. The zero-order valence-corrected chi connectivity index (χ0v) is 19.0. The van der Waals surface area contributed by atoms with E-state index in [9.17, 15) is 9.59 Å². The highest BCUT2D eigenvalue weighted by atomic mass is 16.5. The SMILES string of the molecule is Cc1cc(C)cc(OCC(=O)Nc2cc(C)ccc2OCc2cc(=O)n3oc(C)cc3n2)c1. The van der Waals surface area contributed by atoms with Gasteiger partial charge in [0.25, 0.3) is 11.5 Å². The number of carbonyl (C=O) groups excluding carboxylic acids is 1. The Labute approximate surface area is 190 Å². The van der Waals surface area contributed by atoms with Crippen molar-refractivity contribution >= 4 is 17.2 Å².